The van der Waals surface area contributed by atoms with E-state index in [1.807, 2.05) is 0 Å². The van der Waals surface area contributed by atoms with Crippen LogP contribution >= 0.6 is 0 Å². The summed E-state index contributed by atoms with van der Waals surface area (Å²) in [5.41, 5.74) is -0.613. The first-order valence-corrected chi connectivity index (χ1v) is 4.79. The molecule has 0 aromatic heterocycles. The number of esters is 1. The lowest BCUT2D eigenvalue weighted by molar-refractivity contribution is -0.391. The standard InChI is InChI=1S/C10H12F6O2/c1-5(2)7(17)18-10(15,16)9(13,14)8(11,12)6(3)4/h6H,1H2,2-4H3. The molecule has 0 radical (unpaired) electrons. The first-order valence-electron chi connectivity index (χ1n) is 4.79. The number of hydrogen-bond donors (Lipinski definition) is 0. The van der Waals surface area contributed by atoms with Gasteiger partial charge in [0.15, 0.2) is 0 Å². The Morgan fingerprint density at radius 3 is 1.78 bits per heavy atom. The van der Waals surface area contributed by atoms with Crippen molar-refractivity contribution < 1.29 is 35.9 Å². The van der Waals surface area contributed by atoms with E-state index in [1.54, 1.807) is 0 Å². The fourth-order valence-electron chi connectivity index (χ4n) is 0.824. The van der Waals surface area contributed by atoms with Gasteiger partial charge in [0.05, 0.1) is 0 Å². The van der Waals surface area contributed by atoms with Gasteiger partial charge in [-0.3, -0.25) is 0 Å². The number of ether oxygens (including phenoxy) is 1. The lowest BCUT2D eigenvalue weighted by Crippen LogP contribution is -2.58. The van der Waals surface area contributed by atoms with E-state index in [0.717, 1.165) is 6.92 Å². The molecule has 106 valence electrons. The van der Waals surface area contributed by atoms with Gasteiger partial charge in [0.2, 0.25) is 0 Å². The Morgan fingerprint density at radius 1 is 1.11 bits per heavy atom. The third-order valence-corrected chi connectivity index (χ3v) is 2.08. The molecule has 0 N–H and O–H groups in total. The zero-order chi connectivity index (χ0) is 14.9. The number of halogens is 6. The Labute approximate surface area is 99.6 Å². The first-order chi connectivity index (χ1) is 7.77. The molecule has 0 saturated heterocycles. The van der Waals surface area contributed by atoms with Gasteiger partial charge in [0, 0.05) is 11.5 Å². The Balaban J connectivity index is 5.32. The van der Waals surface area contributed by atoms with Crippen LogP contribution in [-0.2, 0) is 9.53 Å². The van der Waals surface area contributed by atoms with Crippen molar-refractivity contribution in [3.05, 3.63) is 12.2 Å². The lowest BCUT2D eigenvalue weighted by Gasteiger charge is -2.33. The van der Waals surface area contributed by atoms with Crippen molar-refractivity contribution in [1.29, 1.82) is 0 Å². The Bertz CT molecular complexity index is 348. The van der Waals surface area contributed by atoms with Crippen LogP contribution in [0.25, 0.3) is 0 Å². The van der Waals surface area contributed by atoms with Crippen LogP contribution in [0.4, 0.5) is 26.3 Å². The van der Waals surface area contributed by atoms with Gasteiger partial charge in [-0.25, -0.2) is 4.79 Å². The minimum Gasteiger partial charge on any atom is -0.393 e. The van der Waals surface area contributed by atoms with Gasteiger partial charge in [-0.1, -0.05) is 20.4 Å². The van der Waals surface area contributed by atoms with Gasteiger partial charge in [-0.15, -0.1) is 0 Å². The van der Waals surface area contributed by atoms with Gasteiger partial charge in [-0.2, -0.15) is 26.3 Å². The van der Waals surface area contributed by atoms with Crippen LogP contribution < -0.4 is 0 Å². The SMILES string of the molecule is C=C(C)C(=O)OC(F)(F)C(F)(F)C(F)(F)C(C)C. The summed E-state index contributed by atoms with van der Waals surface area (Å²) in [6.45, 7) is 5.08. The maximum Gasteiger partial charge on any atom is 0.473 e. The van der Waals surface area contributed by atoms with Crippen molar-refractivity contribution >= 4 is 5.97 Å². The van der Waals surface area contributed by atoms with Gasteiger partial charge in [0.25, 0.3) is 0 Å². The highest BCUT2D eigenvalue weighted by Crippen LogP contribution is 2.49. The smallest absolute Gasteiger partial charge is 0.393 e. The normalized spacial score (nSPS) is 13.7. The second kappa shape index (κ2) is 4.81. The molecule has 0 aliphatic rings. The van der Waals surface area contributed by atoms with Gasteiger partial charge in [0.1, 0.15) is 0 Å². The maximum absolute atomic E-state index is 13.0. The van der Waals surface area contributed by atoms with E-state index in [0.29, 0.717) is 13.8 Å². The summed E-state index contributed by atoms with van der Waals surface area (Å²) >= 11 is 0. The van der Waals surface area contributed by atoms with Crippen molar-refractivity contribution in [2.75, 3.05) is 0 Å². The fraction of sp³-hybridized carbons (Fsp3) is 0.700. The summed E-state index contributed by atoms with van der Waals surface area (Å²) in [6, 6.07) is 0. The predicted octanol–water partition coefficient (Wildman–Crippen LogP) is 3.63. The molecule has 0 aromatic carbocycles. The minimum atomic E-state index is -5.82. The molecule has 0 unspecified atom stereocenters. The van der Waals surface area contributed by atoms with E-state index in [2.05, 4.69) is 11.3 Å². The molecular weight excluding hydrogens is 266 g/mol. The molecule has 8 heteroatoms. The minimum absolute atomic E-state index is 0.613. The van der Waals surface area contributed by atoms with Crippen molar-refractivity contribution in [2.45, 2.75) is 38.7 Å². The van der Waals surface area contributed by atoms with E-state index in [9.17, 15) is 31.1 Å². The fourth-order valence-corrected chi connectivity index (χ4v) is 0.824. The van der Waals surface area contributed by atoms with E-state index in [4.69, 9.17) is 0 Å². The third kappa shape index (κ3) is 2.78. The van der Waals surface area contributed by atoms with E-state index in [1.165, 1.54) is 0 Å². The molecule has 0 fully saturated rings. The van der Waals surface area contributed by atoms with Crippen molar-refractivity contribution in [3.63, 3.8) is 0 Å². The van der Waals surface area contributed by atoms with Crippen molar-refractivity contribution in [2.24, 2.45) is 5.92 Å². The predicted molar refractivity (Wildman–Crippen MR) is 50.6 cm³/mol. The highest BCUT2D eigenvalue weighted by molar-refractivity contribution is 5.87. The summed E-state index contributed by atoms with van der Waals surface area (Å²) in [5, 5.41) is 0. The highest BCUT2D eigenvalue weighted by Gasteiger charge is 2.75. The summed E-state index contributed by atoms with van der Waals surface area (Å²) in [7, 11) is 0. The van der Waals surface area contributed by atoms with Gasteiger partial charge < -0.3 is 4.74 Å². The van der Waals surface area contributed by atoms with Gasteiger partial charge in [-0.05, 0) is 6.92 Å². The van der Waals surface area contributed by atoms with Crippen LogP contribution in [0.15, 0.2) is 12.2 Å². The summed E-state index contributed by atoms with van der Waals surface area (Å²) in [5.74, 6) is -14.8. The number of hydrogen-bond acceptors (Lipinski definition) is 2. The van der Waals surface area contributed by atoms with Crippen LogP contribution in [0.3, 0.4) is 0 Å². The summed E-state index contributed by atoms with van der Waals surface area (Å²) in [6.07, 6.45) is -5.63. The number of rotatable bonds is 5. The summed E-state index contributed by atoms with van der Waals surface area (Å²) < 4.78 is 81.2. The van der Waals surface area contributed by atoms with Crippen molar-refractivity contribution in [1.82, 2.24) is 0 Å². The topological polar surface area (TPSA) is 26.3 Å². The second-order valence-corrected chi connectivity index (χ2v) is 4.04. The van der Waals surface area contributed by atoms with Crippen LogP contribution in [0.2, 0.25) is 0 Å². The van der Waals surface area contributed by atoms with Crippen LogP contribution in [0.5, 0.6) is 0 Å². The third-order valence-electron chi connectivity index (χ3n) is 2.08. The largest absolute Gasteiger partial charge is 0.473 e. The summed E-state index contributed by atoms with van der Waals surface area (Å²) in [4.78, 5) is 10.7. The monoisotopic (exact) mass is 278 g/mol. The zero-order valence-electron chi connectivity index (χ0n) is 9.87. The number of carbonyl (C=O) groups excluding carboxylic acids is 1. The van der Waals surface area contributed by atoms with Crippen LogP contribution in [0.1, 0.15) is 20.8 Å². The molecule has 0 rings (SSSR count). The lowest BCUT2D eigenvalue weighted by atomic mass is 9.99. The molecule has 0 atom stereocenters. The molecule has 0 aliphatic carbocycles. The second-order valence-electron chi connectivity index (χ2n) is 4.04. The number of carbonyl (C=O) groups is 1. The average molecular weight is 278 g/mol. The van der Waals surface area contributed by atoms with Gasteiger partial charge >= 0.3 is 23.9 Å². The maximum atomic E-state index is 13.0. The first kappa shape index (κ1) is 16.8. The molecule has 0 aliphatic heterocycles. The molecule has 2 nitrogen and oxygen atoms in total. The molecule has 0 aromatic rings. The average Bonchev–Trinajstić information content (AvgIpc) is 2.15. The van der Waals surface area contributed by atoms with Crippen LogP contribution in [-0.4, -0.2) is 23.9 Å². The molecule has 18 heavy (non-hydrogen) atoms. The molecule has 0 saturated carbocycles. The van der Waals surface area contributed by atoms with Crippen LogP contribution in [0, 0.1) is 5.92 Å². The van der Waals surface area contributed by atoms with E-state index < -0.39 is 35.4 Å². The van der Waals surface area contributed by atoms with E-state index in [-0.39, 0.29) is 0 Å². The highest BCUT2D eigenvalue weighted by atomic mass is 19.3. The quantitative estimate of drug-likeness (QED) is 0.436. The Kier molecular flexibility index (Phi) is 4.49. The Morgan fingerprint density at radius 2 is 1.50 bits per heavy atom. The number of alkyl halides is 6. The zero-order valence-corrected chi connectivity index (χ0v) is 9.87. The van der Waals surface area contributed by atoms with Crippen molar-refractivity contribution in [3.8, 4) is 0 Å². The molecule has 0 amide bonds. The molecule has 0 spiro atoms. The molecule has 0 heterocycles. The van der Waals surface area contributed by atoms with E-state index >= 15 is 0 Å². The molecular formula is C10H12F6O2. The molecule has 0 bridgehead atoms. The Hall–Kier alpha value is -1.21.